The van der Waals surface area contributed by atoms with Crippen molar-refractivity contribution in [1.29, 1.82) is 0 Å². The van der Waals surface area contributed by atoms with Crippen LogP contribution in [-0.2, 0) is 5.88 Å². The van der Waals surface area contributed by atoms with E-state index in [1.165, 1.54) is 13.0 Å². The van der Waals surface area contributed by atoms with Gasteiger partial charge in [0.1, 0.15) is 5.75 Å². The fraction of sp³-hybridized carbons (Fsp3) is 0.300. The fourth-order valence-electron chi connectivity index (χ4n) is 1.40. The zero-order valence-corrected chi connectivity index (χ0v) is 9.52. The largest absolute Gasteiger partial charge is 0.573 e. The first kappa shape index (κ1) is 13.6. The number of carbonyl (C=O) groups excluding carboxylic acids is 1. The summed E-state index contributed by atoms with van der Waals surface area (Å²) >= 11 is 5.52. The number of nitrogens with two attached hydrogens (primary N) is 1. The van der Waals surface area contributed by atoms with E-state index in [1.54, 1.807) is 0 Å². The van der Waals surface area contributed by atoms with Gasteiger partial charge in [-0.3, -0.25) is 4.79 Å². The van der Waals surface area contributed by atoms with Gasteiger partial charge in [-0.1, -0.05) is 0 Å². The Labute approximate surface area is 100 Å². The van der Waals surface area contributed by atoms with Gasteiger partial charge in [0.2, 0.25) is 0 Å². The van der Waals surface area contributed by atoms with Gasteiger partial charge in [0, 0.05) is 11.1 Å². The van der Waals surface area contributed by atoms with E-state index in [2.05, 4.69) is 4.74 Å². The highest BCUT2D eigenvalue weighted by atomic mass is 35.5. The summed E-state index contributed by atoms with van der Waals surface area (Å²) in [4.78, 5) is 10.7. The molecule has 1 aromatic rings. The number of rotatable bonds is 3. The molecule has 0 radical (unpaired) electrons. The molecule has 0 heterocycles. The maximum atomic E-state index is 12.2. The number of aryl methyl sites for hydroxylation is 1. The minimum absolute atomic E-state index is 0.0360. The standard InChI is InChI=1S/C10H9ClF3NO2/c1-5-2-6(4-16)8(15)7(3-11)9(5)17-10(12,13)14/h2,4H,3,15H2,1H3. The SMILES string of the molecule is Cc1cc(C=O)c(N)c(CCl)c1OC(F)(F)F. The normalized spacial score (nSPS) is 11.4. The summed E-state index contributed by atoms with van der Waals surface area (Å²) in [7, 11) is 0. The van der Waals surface area contributed by atoms with Crippen LogP contribution in [-0.4, -0.2) is 12.6 Å². The van der Waals surface area contributed by atoms with Crippen molar-refractivity contribution in [3.05, 3.63) is 22.8 Å². The Hall–Kier alpha value is -1.43. The first-order valence-electron chi connectivity index (χ1n) is 4.49. The van der Waals surface area contributed by atoms with Crippen LogP contribution >= 0.6 is 11.6 Å². The molecule has 94 valence electrons. The van der Waals surface area contributed by atoms with Gasteiger partial charge >= 0.3 is 6.36 Å². The third-order valence-electron chi connectivity index (χ3n) is 2.12. The van der Waals surface area contributed by atoms with Crippen LogP contribution < -0.4 is 10.5 Å². The molecular weight excluding hydrogens is 259 g/mol. The van der Waals surface area contributed by atoms with E-state index in [1.807, 2.05) is 0 Å². The first-order valence-corrected chi connectivity index (χ1v) is 5.02. The zero-order chi connectivity index (χ0) is 13.2. The Morgan fingerprint density at radius 1 is 1.53 bits per heavy atom. The van der Waals surface area contributed by atoms with Crippen molar-refractivity contribution in [2.75, 3.05) is 5.73 Å². The lowest BCUT2D eigenvalue weighted by molar-refractivity contribution is -0.275. The van der Waals surface area contributed by atoms with E-state index >= 15 is 0 Å². The van der Waals surface area contributed by atoms with Gasteiger partial charge in [0.15, 0.2) is 6.29 Å². The molecule has 0 fully saturated rings. The van der Waals surface area contributed by atoms with Gasteiger partial charge in [-0.15, -0.1) is 24.8 Å². The molecule has 1 rings (SSSR count). The molecule has 17 heavy (non-hydrogen) atoms. The molecule has 0 saturated carbocycles. The second kappa shape index (κ2) is 4.83. The quantitative estimate of drug-likeness (QED) is 0.520. The number of ether oxygens (including phenoxy) is 1. The summed E-state index contributed by atoms with van der Waals surface area (Å²) in [6.45, 7) is 1.38. The molecule has 0 aromatic heterocycles. The molecule has 0 atom stereocenters. The molecule has 2 N–H and O–H groups in total. The topological polar surface area (TPSA) is 52.3 Å². The van der Waals surface area contributed by atoms with Gasteiger partial charge in [0.25, 0.3) is 0 Å². The molecule has 0 amide bonds. The van der Waals surface area contributed by atoms with Gasteiger partial charge < -0.3 is 10.5 Å². The van der Waals surface area contributed by atoms with Crippen molar-refractivity contribution in [2.45, 2.75) is 19.2 Å². The number of hydrogen-bond acceptors (Lipinski definition) is 3. The fourth-order valence-corrected chi connectivity index (χ4v) is 1.66. The van der Waals surface area contributed by atoms with Crippen molar-refractivity contribution < 1.29 is 22.7 Å². The van der Waals surface area contributed by atoms with Crippen LogP contribution in [0.1, 0.15) is 21.5 Å². The molecule has 0 aliphatic rings. The van der Waals surface area contributed by atoms with Crippen LogP contribution in [0.15, 0.2) is 6.07 Å². The number of aldehydes is 1. The van der Waals surface area contributed by atoms with Gasteiger partial charge in [-0.05, 0) is 18.6 Å². The summed E-state index contributed by atoms with van der Waals surface area (Å²) in [5.74, 6) is -0.727. The van der Waals surface area contributed by atoms with Crippen LogP contribution in [0, 0.1) is 6.92 Å². The number of nitrogen functional groups attached to an aromatic ring is 1. The molecule has 3 nitrogen and oxygen atoms in total. The second-order valence-corrected chi connectivity index (χ2v) is 3.57. The zero-order valence-electron chi connectivity index (χ0n) is 8.77. The maximum absolute atomic E-state index is 12.2. The number of benzene rings is 1. The highest BCUT2D eigenvalue weighted by Gasteiger charge is 2.33. The lowest BCUT2D eigenvalue weighted by atomic mass is 10.0. The third-order valence-corrected chi connectivity index (χ3v) is 2.39. The molecule has 0 aliphatic heterocycles. The van der Waals surface area contributed by atoms with E-state index in [4.69, 9.17) is 17.3 Å². The predicted octanol–water partition coefficient (Wildman–Crippen LogP) is 3.03. The Morgan fingerprint density at radius 3 is 2.53 bits per heavy atom. The van der Waals surface area contributed by atoms with E-state index in [0.717, 1.165) is 0 Å². The number of carbonyl (C=O) groups is 1. The van der Waals surface area contributed by atoms with Crippen molar-refractivity contribution in [1.82, 2.24) is 0 Å². The van der Waals surface area contributed by atoms with Crippen LogP contribution in [0.5, 0.6) is 5.75 Å². The molecule has 0 spiro atoms. The summed E-state index contributed by atoms with van der Waals surface area (Å²) in [6.07, 6.45) is -4.38. The summed E-state index contributed by atoms with van der Waals surface area (Å²) < 4.78 is 40.4. The Balaban J connectivity index is 3.39. The van der Waals surface area contributed by atoms with Crippen LogP contribution in [0.4, 0.5) is 18.9 Å². The highest BCUT2D eigenvalue weighted by Crippen LogP contribution is 2.36. The van der Waals surface area contributed by atoms with Crippen molar-refractivity contribution in [3.63, 3.8) is 0 Å². The molecule has 0 bridgehead atoms. The minimum Gasteiger partial charge on any atom is -0.405 e. The average Bonchev–Trinajstić information content (AvgIpc) is 2.21. The minimum atomic E-state index is -4.83. The monoisotopic (exact) mass is 267 g/mol. The molecule has 0 saturated heterocycles. The van der Waals surface area contributed by atoms with Crippen LogP contribution in [0.25, 0.3) is 0 Å². The van der Waals surface area contributed by atoms with Gasteiger partial charge in [0.05, 0.1) is 11.6 Å². The highest BCUT2D eigenvalue weighted by molar-refractivity contribution is 6.18. The average molecular weight is 268 g/mol. The Kier molecular flexibility index (Phi) is 3.87. The van der Waals surface area contributed by atoms with Crippen LogP contribution in [0.3, 0.4) is 0 Å². The Bertz CT molecular complexity index is 446. The van der Waals surface area contributed by atoms with E-state index in [-0.39, 0.29) is 28.3 Å². The van der Waals surface area contributed by atoms with E-state index in [0.29, 0.717) is 6.29 Å². The Morgan fingerprint density at radius 2 is 2.12 bits per heavy atom. The predicted molar refractivity (Wildman–Crippen MR) is 57.2 cm³/mol. The molecule has 0 aliphatic carbocycles. The molecule has 7 heteroatoms. The summed E-state index contributed by atoms with van der Waals surface area (Å²) in [5.41, 5.74) is 5.63. The van der Waals surface area contributed by atoms with Crippen molar-refractivity contribution >= 4 is 23.6 Å². The number of anilines is 1. The van der Waals surface area contributed by atoms with Crippen LogP contribution in [0.2, 0.25) is 0 Å². The first-order chi connectivity index (χ1) is 7.80. The summed E-state index contributed by atoms with van der Waals surface area (Å²) in [5, 5.41) is 0. The second-order valence-electron chi connectivity index (χ2n) is 3.30. The van der Waals surface area contributed by atoms with Crippen molar-refractivity contribution in [2.24, 2.45) is 0 Å². The number of halogens is 4. The maximum Gasteiger partial charge on any atom is 0.573 e. The summed E-state index contributed by atoms with van der Waals surface area (Å²) in [6, 6.07) is 1.22. The molecular formula is C10H9ClF3NO2. The molecule has 1 aromatic carbocycles. The van der Waals surface area contributed by atoms with E-state index in [9.17, 15) is 18.0 Å². The van der Waals surface area contributed by atoms with Gasteiger partial charge in [-0.2, -0.15) is 0 Å². The number of alkyl halides is 4. The van der Waals surface area contributed by atoms with E-state index < -0.39 is 12.1 Å². The van der Waals surface area contributed by atoms with Gasteiger partial charge in [-0.25, -0.2) is 0 Å². The third kappa shape index (κ3) is 3.03. The smallest absolute Gasteiger partial charge is 0.405 e. The molecule has 0 unspecified atom stereocenters. The number of hydrogen-bond donors (Lipinski definition) is 1. The lowest BCUT2D eigenvalue weighted by Crippen LogP contribution is -2.19. The van der Waals surface area contributed by atoms with Crippen molar-refractivity contribution in [3.8, 4) is 5.75 Å². The lowest BCUT2D eigenvalue weighted by Gasteiger charge is -2.17.